The van der Waals surface area contributed by atoms with Crippen LogP contribution in [0.15, 0.2) is 18.2 Å². The van der Waals surface area contributed by atoms with Crippen molar-refractivity contribution in [1.82, 2.24) is 15.6 Å². The van der Waals surface area contributed by atoms with Crippen LogP contribution >= 0.6 is 35.1 Å². The van der Waals surface area contributed by atoms with E-state index in [1.165, 1.54) is 28.7 Å². The number of nitrogens with zero attached hydrogens (tertiary/aromatic N) is 1. The molecule has 0 aliphatic carbocycles. The molecule has 4 rings (SSSR count). The molecule has 0 bridgehead atoms. The second kappa shape index (κ2) is 10.7. The molecule has 0 spiro atoms. The largest absolute Gasteiger partial charge is 0.416 e. The van der Waals surface area contributed by atoms with Gasteiger partial charge in [0.1, 0.15) is 10.0 Å². The quantitative estimate of drug-likeness (QED) is 0.368. The van der Waals surface area contributed by atoms with E-state index in [1.807, 2.05) is 0 Å². The first-order chi connectivity index (χ1) is 15.3. The molecule has 1 atom stereocenters. The summed E-state index contributed by atoms with van der Waals surface area (Å²) in [6, 6.07) is 4.00. The number of thiazole rings is 1. The lowest BCUT2D eigenvalue weighted by molar-refractivity contribution is -0.137. The van der Waals surface area contributed by atoms with Crippen molar-refractivity contribution in [3.63, 3.8) is 0 Å². The Morgan fingerprint density at radius 3 is 2.82 bits per heavy atom. The average molecular weight is 519 g/mol. The van der Waals surface area contributed by atoms with Crippen molar-refractivity contribution >= 4 is 56.2 Å². The zero-order chi connectivity index (χ0) is 22.9. The molecule has 1 amide bonds. The number of aromatic nitrogens is 1. The molecule has 33 heavy (non-hydrogen) atoms. The molecular formula is C22H26ClF3N4OS2. The molecule has 0 saturated heterocycles. The highest BCUT2D eigenvalue weighted by atomic mass is 35.5. The van der Waals surface area contributed by atoms with E-state index in [0.29, 0.717) is 40.8 Å². The van der Waals surface area contributed by atoms with Crippen LogP contribution in [0.25, 0.3) is 20.8 Å². The summed E-state index contributed by atoms with van der Waals surface area (Å²) in [5.41, 5.74) is 1.59. The number of thiophene rings is 1. The fourth-order valence-corrected chi connectivity index (χ4v) is 5.95. The monoisotopic (exact) mass is 518 g/mol. The lowest BCUT2D eigenvalue weighted by Crippen LogP contribution is -2.28. The highest BCUT2D eigenvalue weighted by Gasteiger charge is 2.31. The molecule has 1 unspecified atom stereocenters. The Labute approximate surface area is 204 Å². The van der Waals surface area contributed by atoms with Gasteiger partial charge in [0.2, 0.25) is 5.91 Å². The van der Waals surface area contributed by atoms with E-state index in [0.717, 1.165) is 52.5 Å². The third-order valence-corrected chi connectivity index (χ3v) is 7.77. The maximum absolute atomic E-state index is 13.1. The molecule has 1 aliphatic rings. The van der Waals surface area contributed by atoms with Gasteiger partial charge in [0, 0.05) is 36.0 Å². The minimum absolute atomic E-state index is 0. The number of hydrogen-bond donors (Lipinski definition) is 3. The van der Waals surface area contributed by atoms with Crippen LogP contribution in [0.2, 0.25) is 0 Å². The van der Waals surface area contributed by atoms with Crippen molar-refractivity contribution in [2.24, 2.45) is 0 Å². The van der Waals surface area contributed by atoms with Gasteiger partial charge in [-0.1, -0.05) is 6.92 Å². The molecule has 180 valence electrons. The first-order valence-corrected chi connectivity index (χ1v) is 12.3. The molecule has 3 aromatic rings. The summed E-state index contributed by atoms with van der Waals surface area (Å²) in [6.45, 7) is 6.27. The summed E-state index contributed by atoms with van der Waals surface area (Å²) in [5, 5.41) is 11.1. The van der Waals surface area contributed by atoms with E-state index >= 15 is 0 Å². The van der Waals surface area contributed by atoms with Gasteiger partial charge < -0.3 is 16.0 Å². The van der Waals surface area contributed by atoms with E-state index < -0.39 is 11.7 Å². The first-order valence-electron chi connectivity index (χ1n) is 10.6. The molecular weight excluding hydrogens is 493 g/mol. The molecule has 2 aromatic heterocycles. The molecule has 1 aliphatic heterocycles. The molecule has 0 fully saturated rings. The number of alkyl halides is 3. The number of hydrogen-bond acceptors (Lipinski definition) is 6. The zero-order valence-corrected chi connectivity index (χ0v) is 20.7. The fraction of sp³-hybridized carbons (Fsp3) is 0.455. The highest BCUT2D eigenvalue weighted by molar-refractivity contribution is 7.22. The second-order valence-electron chi connectivity index (χ2n) is 7.90. The van der Waals surface area contributed by atoms with Crippen LogP contribution in [0.4, 0.5) is 18.2 Å². The van der Waals surface area contributed by atoms with E-state index in [2.05, 4.69) is 34.8 Å². The molecule has 1 aromatic carbocycles. The van der Waals surface area contributed by atoms with Crippen LogP contribution in [-0.2, 0) is 23.9 Å². The summed E-state index contributed by atoms with van der Waals surface area (Å²) in [7, 11) is 0. The van der Waals surface area contributed by atoms with Crippen molar-refractivity contribution in [1.29, 1.82) is 0 Å². The Balaban J connectivity index is 0.00000306. The molecule has 3 N–H and O–H groups in total. The van der Waals surface area contributed by atoms with Crippen molar-refractivity contribution in [3.8, 4) is 10.6 Å². The second-order valence-corrected chi connectivity index (χ2v) is 10.0. The number of benzene rings is 1. The summed E-state index contributed by atoms with van der Waals surface area (Å²) >= 11 is 2.88. The van der Waals surface area contributed by atoms with Gasteiger partial charge in [0.05, 0.1) is 15.8 Å². The number of halogens is 4. The molecule has 0 radical (unpaired) electrons. The van der Waals surface area contributed by atoms with Gasteiger partial charge in [-0.25, -0.2) is 4.98 Å². The van der Waals surface area contributed by atoms with Gasteiger partial charge in [0.25, 0.3) is 0 Å². The zero-order valence-electron chi connectivity index (χ0n) is 18.3. The maximum atomic E-state index is 13.1. The number of fused-ring (bicyclic) bond motifs is 2. The van der Waals surface area contributed by atoms with Gasteiger partial charge in [-0.3, -0.25) is 4.79 Å². The first kappa shape index (κ1) is 25.9. The number of carbonyl (C=O) groups excluding carboxylic acids is 1. The lowest BCUT2D eigenvalue weighted by atomic mass is 10.0. The van der Waals surface area contributed by atoms with E-state index in [1.54, 1.807) is 0 Å². The summed E-state index contributed by atoms with van der Waals surface area (Å²) < 4.78 is 40.1. The molecule has 5 nitrogen and oxygen atoms in total. The fourth-order valence-electron chi connectivity index (χ4n) is 3.63. The van der Waals surface area contributed by atoms with Crippen molar-refractivity contribution in [2.45, 2.75) is 51.9 Å². The summed E-state index contributed by atoms with van der Waals surface area (Å²) in [4.78, 5) is 18.3. The van der Waals surface area contributed by atoms with E-state index in [4.69, 9.17) is 0 Å². The average Bonchev–Trinajstić information content (AvgIpc) is 3.32. The maximum Gasteiger partial charge on any atom is 0.416 e. The van der Waals surface area contributed by atoms with Crippen molar-refractivity contribution < 1.29 is 18.0 Å². The van der Waals surface area contributed by atoms with Gasteiger partial charge in [-0.15, -0.1) is 35.1 Å². The van der Waals surface area contributed by atoms with Crippen molar-refractivity contribution in [2.75, 3.05) is 18.4 Å². The highest BCUT2D eigenvalue weighted by Crippen LogP contribution is 2.45. The van der Waals surface area contributed by atoms with Crippen LogP contribution in [0, 0.1) is 0 Å². The topological polar surface area (TPSA) is 66.0 Å². The van der Waals surface area contributed by atoms with Crippen LogP contribution < -0.4 is 16.0 Å². The Morgan fingerprint density at radius 1 is 1.30 bits per heavy atom. The number of amides is 1. The molecule has 11 heteroatoms. The Hall–Kier alpha value is -1.72. The normalized spacial score (nSPS) is 14.6. The predicted molar refractivity (Wildman–Crippen MR) is 132 cm³/mol. The lowest BCUT2D eigenvalue weighted by Gasteiger charge is -2.13. The predicted octanol–water partition coefficient (Wildman–Crippen LogP) is 5.83. The Kier molecular flexibility index (Phi) is 8.39. The SMILES string of the molecule is CCC(C)NCCC(=O)Nc1sc2c(c1-c1nc3cc(C(F)(F)F)ccc3s1)CCNC2.Cl. The van der Waals surface area contributed by atoms with Crippen LogP contribution in [0.5, 0.6) is 0 Å². The number of rotatable bonds is 7. The standard InChI is InChI=1S/C22H25F3N4OS2.ClH/c1-3-12(2)27-9-7-18(30)29-21-19(14-6-8-26-11-17(14)32-21)20-28-15-10-13(22(23,24)25)4-5-16(15)31-20;/h4-5,10,12,26-27H,3,6-9,11H2,1-2H3,(H,29,30);1H. The van der Waals surface area contributed by atoms with Gasteiger partial charge in [-0.05, 0) is 50.1 Å². The van der Waals surface area contributed by atoms with Gasteiger partial charge in [0.15, 0.2) is 0 Å². The van der Waals surface area contributed by atoms with Crippen LogP contribution in [0.3, 0.4) is 0 Å². The van der Waals surface area contributed by atoms with Gasteiger partial charge in [-0.2, -0.15) is 13.2 Å². The third-order valence-electron chi connectivity index (χ3n) is 5.57. The minimum atomic E-state index is -4.41. The number of carbonyl (C=O) groups is 1. The van der Waals surface area contributed by atoms with Crippen LogP contribution in [-0.4, -0.2) is 30.0 Å². The number of nitrogens with one attached hydrogen (secondary N) is 3. The Bertz CT molecular complexity index is 1130. The van der Waals surface area contributed by atoms with Gasteiger partial charge >= 0.3 is 6.18 Å². The number of anilines is 1. The molecule has 0 saturated carbocycles. The summed E-state index contributed by atoms with van der Waals surface area (Å²) in [6.07, 6.45) is -2.28. The minimum Gasteiger partial charge on any atom is -0.317 e. The van der Waals surface area contributed by atoms with Crippen molar-refractivity contribution in [3.05, 3.63) is 34.2 Å². The third kappa shape index (κ3) is 5.86. The Morgan fingerprint density at radius 2 is 2.09 bits per heavy atom. The summed E-state index contributed by atoms with van der Waals surface area (Å²) in [5.74, 6) is -0.0888. The van der Waals surface area contributed by atoms with Crippen LogP contribution in [0.1, 0.15) is 42.7 Å². The smallest absolute Gasteiger partial charge is 0.317 e. The van der Waals surface area contributed by atoms with E-state index in [-0.39, 0.29) is 18.3 Å². The van der Waals surface area contributed by atoms with E-state index in [9.17, 15) is 18.0 Å². The molecule has 3 heterocycles.